The molecule has 0 radical (unpaired) electrons. The van der Waals surface area contributed by atoms with E-state index >= 15 is 0 Å². The molecular weight excluding hydrogens is 581 g/mol. The number of aromatic nitrogens is 1. The summed E-state index contributed by atoms with van der Waals surface area (Å²) in [6, 6.07) is 17.3. The van der Waals surface area contributed by atoms with E-state index in [9.17, 15) is 31.0 Å². The molecule has 1 saturated heterocycles. The Morgan fingerprint density at radius 2 is 1.90 bits per heavy atom. The van der Waals surface area contributed by atoms with Gasteiger partial charge in [0.05, 0.1) is 40.7 Å². The number of thioether (sulfide) groups is 1. The van der Waals surface area contributed by atoms with Crippen LogP contribution in [0, 0.1) is 0 Å². The molecule has 204 valence electrons. The molecule has 1 fully saturated rings. The number of rotatable bonds is 7. The Kier molecular flexibility index (Phi) is 6.63. The Morgan fingerprint density at radius 3 is 2.59 bits per heavy atom. The van der Waals surface area contributed by atoms with E-state index < -0.39 is 31.4 Å². The van der Waals surface area contributed by atoms with Crippen LogP contribution in [0.5, 0.6) is 0 Å². The second kappa shape index (κ2) is 9.63. The van der Waals surface area contributed by atoms with Crippen molar-refractivity contribution < 1.29 is 35.6 Å². The summed E-state index contributed by atoms with van der Waals surface area (Å²) in [6.07, 6.45) is 2.34. The standard InChI is InChI=1S/C26H24N2O7S4/c29-16-17-6-8-21-20(14-17)27(11-3-13-38(30,31)32)23(36-21)15-24-28(12-10-25(28)39(33,34)35)26-19-5-2-1-4-18(19)7-9-22(26)37-24/h1-2,4-9,14-15,25,29H,3,10-13,16H2/p+1. The summed E-state index contributed by atoms with van der Waals surface area (Å²) in [5.74, 6) is -0.510. The van der Waals surface area contributed by atoms with Gasteiger partial charge in [0, 0.05) is 23.6 Å². The zero-order valence-electron chi connectivity index (χ0n) is 20.6. The van der Waals surface area contributed by atoms with Crippen LogP contribution in [-0.2, 0) is 33.4 Å². The van der Waals surface area contributed by atoms with E-state index in [0.717, 1.165) is 41.6 Å². The van der Waals surface area contributed by atoms with Crippen molar-refractivity contribution in [3.8, 4) is 0 Å². The summed E-state index contributed by atoms with van der Waals surface area (Å²) >= 11 is 2.92. The second-order valence-corrected chi connectivity index (χ2v) is 15.0. The summed E-state index contributed by atoms with van der Waals surface area (Å²) in [6.45, 7) is 0.585. The average Bonchev–Trinajstić information content (AvgIpc) is 3.37. The maximum Gasteiger partial charge on any atom is 0.320 e. The molecule has 2 unspecified atom stereocenters. The molecule has 13 heteroatoms. The third-order valence-corrected chi connectivity index (χ3v) is 11.8. The highest BCUT2D eigenvalue weighted by Crippen LogP contribution is 2.60. The van der Waals surface area contributed by atoms with E-state index in [1.54, 1.807) is 0 Å². The minimum absolute atomic E-state index is 0.00867. The summed E-state index contributed by atoms with van der Waals surface area (Å²) in [5, 5.41) is 12.0. The number of hydrogen-bond acceptors (Lipinski definition) is 8. The number of nitrogens with zero attached hydrogens (tertiary/aromatic N) is 2. The van der Waals surface area contributed by atoms with Crippen LogP contribution in [-0.4, -0.2) is 48.7 Å². The number of aryl methyl sites for hydroxylation is 1. The minimum Gasteiger partial charge on any atom is -0.748 e. The van der Waals surface area contributed by atoms with Gasteiger partial charge in [0.15, 0.2) is 17.3 Å². The van der Waals surface area contributed by atoms with Crippen LogP contribution < -0.4 is 9.05 Å². The molecule has 1 aromatic heterocycles. The molecule has 0 amide bonds. The minimum atomic E-state index is -4.39. The number of aliphatic hydroxyl groups excluding tert-OH is 1. The predicted octanol–water partition coefficient (Wildman–Crippen LogP) is 3.80. The lowest BCUT2D eigenvalue weighted by molar-refractivity contribution is -0.668. The van der Waals surface area contributed by atoms with Crippen molar-refractivity contribution in [3.63, 3.8) is 0 Å². The third-order valence-electron chi connectivity index (χ3n) is 7.43. The Labute approximate surface area is 234 Å². The first-order valence-electron chi connectivity index (χ1n) is 12.3. The maximum atomic E-state index is 12.6. The van der Waals surface area contributed by atoms with Gasteiger partial charge in [-0.05, 0) is 40.9 Å². The molecular formula is C26H25N2O7S4+. The van der Waals surface area contributed by atoms with E-state index in [1.165, 1.54) is 23.1 Å². The molecule has 2 atom stereocenters. The molecule has 6 rings (SSSR count). The molecule has 9 nitrogen and oxygen atoms in total. The van der Waals surface area contributed by atoms with Crippen molar-refractivity contribution in [2.45, 2.75) is 36.3 Å². The molecule has 39 heavy (non-hydrogen) atoms. The quantitative estimate of drug-likeness (QED) is 0.185. The van der Waals surface area contributed by atoms with Gasteiger partial charge in [-0.3, -0.25) is 4.55 Å². The predicted molar refractivity (Wildman–Crippen MR) is 152 cm³/mol. The van der Waals surface area contributed by atoms with Crippen molar-refractivity contribution in [1.82, 2.24) is 4.48 Å². The third kappa shape index (κ3) is 4.60. The first-order valence-corrected chi connectivity index (χ1v) is 17.0. The van der Waals surface area contributed by atoms with Crippen LogP contribution in [0.3, 0.4) is 0 Å². The average molecular weight is 606 g/mol. The van der Waals surface area contributed by atoms with E-state index in [1.807, 2.05) is 65.2 Å². The van der Waals surface area contributed by atoms with Crippen molar-refractivity contribution >= 4 is 76.1 Å². The lowest BCUT2D eigenvalue weighted by atomic mass is 10.0. The number of aliphatic hydroxyl groups is 1. The smallest absolute Gasteiger partial charge is 0.320 e. The monoisotopic (exact) mass is 605 g/mol. The number of benzene rings is 3. The van der Waals surface area contributed by atoms with E-state index in [2.05, 4.69) is 0 Å². The zero-order chi connectivity index (χ0) is 27.6. The van der Waals surface area contributed by atoms with Crippen molar-refractivity contribution in [2.75, 3.05) is 12.3 Å². The fourth-order valence-corrected chi connectivity index (χ4v) is 9.93. The Hall–Kier alpha value is -2.36. The van der Waals surface area contributed by atoms with Gasteiger partial charge in [-0.25, -0.2) is 12.9 Å². The number of fused-ring (bicyclic) bond motifs is 5. The normalized spacial score (nSPS) is 22.1. The van der Waals surface area contributed by atoms with Crippen LogP contribution in [0.4, 0.5) is 5.69 Å². The molecule has 3 aromatic carbocycles. The van der Waals surface area contributed by atoms with Gasteiger partial charge in [-0.15, -0.1) is 0 Å². The number of quaternary nitrogens is 1. The molecule has 0 aliphatic carbocycles. The van der Waals surface area contributed by atoms with Gasteiger partial charge >= 0.3 is 10.1 Å². The first-order chi connectivity index (χ1) is 18.5. The zero-order valence-corrected chi connectivity index (χ0v) is 23.8. The van der Waals surface area contributed by atoms with Gasteiger partial charge < -0.3 is 9.66 Å². The maximum absolute atomic E-state index is 12.6. The van der Waals surface area contributed by atoms with Crippen LogP contribution in [0.15, 0.2) is 64.5 Å². The summed E-state index contributed by atoms with van der Waals surface area (Å²) in [5.41, 5.74) is 2.33. The molecule has 4 aromatic rings. The SMILES string of the molecule is O=S(=O)([O-])CCC[n+]1c(C=C2Sc3ccc4ccccc4c3[N+]23CCC3S(=O)(=O)O)sc2ccc(CO)cc21. The fraction of sp³-hybridized carbons (Fsp3) is 0.269. The number of hydrogen-bond donors (Lipinski definition) is 2. The summed E-state index contributed by atoms with van der Waals surface area (Å²) in [7, 11) is -8.77. The highest BCUT2D eigenvalue weighted by molar-refractivity contribution is 8.03. The van der Waals surface area contributed by atoms with Crippen LogP contribution >= 0.6 is 23.1 Å². The largest absolute Gasteiger partial charge is 0.748 e. The van der Waals surface area contributed by atoms with Crippen molar-refractivity contribution in [3.05, 3.63) is 70.2 Å². The fourth-order valence-electron chi connectivity index (χ4n) is 5.64. The molecule has 3 heterocycles. The van der Waals surface area contributed by atoms with Gasteiger partial charge in [-0.2, -0.15) is 13.0 Å². The summed E-state index contributed by atoms with van der Waals surface area (Å²) < 4.78 is 72.2. The van der Waals surface area contributed by atoms with Gasteiger partial charge in [-0.1, -0.05) is 41.7 Å². The Bertz CT molecular complexity index is 1880. The van der Waals surface area contributed by atoms with Crippen LogP contribution in [0.1, 0.15) is 23.4 Å². The highest BCUT2D eigenvalue weighted by Gasteiger charge is 2.62. The van der Waals surface area contributed by atoms with Crippen LogP contribution in [0.25, 0.3) is 27.1 Å². The van der Waals surface area contributed by atoms with Gasteiger partial charge in [0.1, 0.15) is 4.70 Å². The van der Waals surface area contributed by atoms with Crippen molar-refractivity contribution in [2.24, 2.45) is 0 Å². The topological polar surface area (TPSA) is 136 Å². The molecule has 0 saturated carbocycles. The van der Waals surface area contributed by atoms with E-state index in [0.29, 0.717) is 18.5 Å². The molecule has 1 spiro atoms. The highest BCUT2D eigenvalue weighted by atomic mass is 32.2. The van der Waals surface area contributed by atoms with Crippen molar-refractivity contribution in [1.29, 1.82) is 0 Å². The number of thiazole rings is 1. The first kappa shape index (κ1) is 26.8. The Balaban J connectivity index is 1.55. The van der Waals surface area contributed by atoms with Gasteiger partial charge in [0.2, 0.25) is 10.9 Å². The summed E-state index contributed by atoms with van der Waals surface area (Å²) in [4.78, 5) is 0.918. The molecule has 2 N–H and O–H groups in total. The second-order valence-electron chi connectivity index (χ2n) is 9.74. The van der Waals surface area contributed by atoms with E-state index in [4.69, 9.17) is 0 Å². The van der Waals surface area contributed by atoms with Gasteiger partial charge in [0.25, 0.3) is 5.01 Å². The molecule has 2 aliphatic rings. The Morgan fingerprint density at radius 1 is 1.10 bits per heavy atom. The molecule has 2 aliphatic heterocycles. The molecule has 0 bridgehead atoms. The van der Waals surface area contributed by atoms with Crippen LogP contribution in [0.2, 0.25) is 0 Å². The van der Waals surface area contributed by atoms with E-state index in [-0.39, 0.29) is 24.1 Å². The lowest BCUT2D eigenvalue weighted by Gasteiger charge is -2.47. The lowest BCUT2D eigenvalue weighted by Crippen LogP contribution is -2.66.